The average molecular weight is 352 g/mol. The summed E-state index contributed by atoms with van der Waals surface area (Å²) in [5.41, 5.74) is 2.70. The molecule has 5 nitrogen and oxygen atoms in total. The molecule has 2 aromatic carbocycles. The summed E-state index contributed by atoms with van der Waals surface area (Å²) in [4.78, 5) is 28.8. The van der Waals surface area contributed by atoms with Crippen LogP contribution in [0.5, 0.6) is 5.75 Å². The van der Waals surface area contributed by atoms with E-state index < -0.39 is 0 Å². The van der Waals surface area contributed by atoms with Gasteiger partial charge in [0.05, 0.1) is 13.5 Å². The van der Waals surface area contributed by atoms with Crippen molar-refractivity contribution in [1.29, 1.82) is 0 Å². The molecule has 26 heavy (non-hydrogen) atoms. The normalized spacial score (nSPS) is 14.2. The Morgan fingerprint density at radius 3 is 2.27 bits per heavy atom. The van der Waals surface area contributed by atoms with Crippen molar-refractivity contribution < 1.29 is 14.3 Å². The van der Waals surface area contributed by atoms with Gasteiger partial charge in [0.1, 0.15) is 5.75 Å². The summed E-state index contributed by atoms with van der Waals surface area (Å²) < 4.78 is 5.36. The highest BCUT2D eigenvalue weighted by atomic mass is 16.5. The van der Waals surface area contributed by atoms with E-state index in [0.29, 0.717) is 38.2 Å². The van der Waals surface area contributed by atoms with Crippen LogP contribution in [0.2, 0.25) is 0 Å². The number of hydrogen-bond acceptors (Lipinski definition) is 3. The van der Waals surface area contributed by atoms with Gasteiger partial charge in [0.2, 0.25) is 5.91 Å². The van der Waals surface area contributed by atoms with E-state index in [-0.39, 0.29) is 11.8 Å². The highest BCUT2D eigenvalue weighted by Crippen LogP contribution is 2.21. The van der Waals surface area contributed by atoms with Gasteiger partial charge in [-0.15, -0.1) is 0 Å². The molecule has 0 radical (unpaired) electrons. The average Bonchev–Trinajstić information content (AvgIpc) is 2.68. The second kappa shape index (κ2) is 8.04. The number of carbonyl (C=O) groups excluding carboxylic acids is 2. The van der Waals surface area contributed by atoms with Gasteiger partial charge in [0.15, 0.2) is 0 Å². The SMILES string of the molecule is COc1ccc(C)cc1CC(=O)N1CCN(C(=O)c2ccccc2)CC1. The first kappa shape index (κ1) is 18.0. The lowest BCUT2D eigenvalue weighted by atomic mass is 10.1. The Bertz CT molecular complexity index is 781. The lowest BCUT2D eigenvalue weighted by molar-refractivity contribution is -0.131. The lowest BCUT2D eigenvalue weighted by Crippen LogP contribution is -2.51. The summed E-state index contributed by atoms with van der Waals surface area (Å²) in [6.45, 7) is 4.24. The van der Waals surface area contributed by atoms with Crippen LogP contribution < -0.4 is 4.74 Å². The molecule has 5 heteroatoms. The van der Waals surface area contributed by atoms with Gasteiger partial charge in [-0.1, -0.05) is 35.9 Å². The molecule has 0 N–H and O–H groups in total. The van der Waals surface area contributed by atoms with E-state index in [9.17, 15) is 9.59 Å². The number of carbonyl (C=O) groups is 2. The molecule has 0 bridgehead atoms. The van der Waals surface area contributed by atoms with Crippen LogP contribution in [0.3, 0.4) is 0 Å². The quantitative estimate of drug-likeness (QED) is 0.850. The topological polar surface area (TPSA) is 49.9 Å². The number of rotatable bonds is 4. The molecular formula is C21H24N2O3. The van der Waals surface area contributed by atoms with Gasteiger partial charge in [-0.2, -0.15) is 0 Å². The largest absolute Gasteiger partial charge is 0.496 e. The number of piperazine rings is 1. The molecule has 0 aliphatic carbocycles. The maximum atomic E-state index is 12.7. The van der Waals surface area contributed by atoms with E-state index in [0.717, 1.165) is 16.9 Å². The first-order valence-corrected chi connectivity index (χ1v) is 8.84. The van der Waals surface area contributed by atoms with Gasteiger partial charge in [0.25, 0.3) is 5.91 Å². The molecule has 2 amide bonds. The molecule has 0 unspecified atom stereocenters. The highest BCUT2D eigenvalue weighted by molar-refractivity contribution is 5.94. The third-order valence-electron chi connectivity index (χ3n) is 4.72. The molecule has 1 aliphatic heterocycles. The van der Waals surface area contributed by atoms with E-state index in [2.05, 4.69) is 0 Å². The molecule has 1 saturated heterocycles. The fraction of sp³-hybridized carbons (Fsp3) is 0.333. The Balaban J connectivity index is 1.59. The summed E-state index contributed by atoms with van der Waals surface area (Å²) >= 11 is 0. The Morgan fingerprint density at radius 2 is 1.62 bits per heavy atom. The zero-order chi connectivity index (χ0) is 18.5. The predicted molar refractivity (Wildman–Crippen MR) is 100 cm³/mol. The third kappa shape index (κ3) is 4.04. The fourth-order valence-corrected chi connectivity index (χ4v) is 3.24. The summed E-state index contributed by atoms with van der Waals surface area (Å²) in [5, 5.41) is 0. The van der Waals surface area contributed by atoms with E-state index in [4.69, 9.17) is 4.74 Å². The molecule has 0 atom stereocenters. The van der Waals surface area contributed by atoms with Crippen molar-refractivity contribution in [2.45, 2.75) is 13.3 Å². The smallest absolute Gasteiger partial charge is 0.253 e. The minimum Gasteiger partial charge on any atom is -0.496 e. The van der Waals surface area contributed by atoms with Crippen LogP contribution >= 0.6 is 0 Å². The molecule has 1 heterocycles. The van der Waals surface area contributed by atoms with Crippen molar-refractivity contribution >= 4 is 11.8 Å². The molecular weight excluding hydrogens is 328 g/mol. The summed E-state index contributed by atoms with van der Waals surface area (Å²) in [6.07, 6.45) is 0.317. The number of ether oxygens (including phenoxy) is 1. The van der Waals surface area contributed by atoms with Gasteiger partial charge >= 0.3 is 0 Å². The Morgan fingerprint density at radius 1 is 0.962 bits per heavy atom. The van der Waals surface area contributed by atoms with Crippen molar-refractivity contribution in [3.8, 4) is 5.75 Å². The van der Waals surface area contributed by atoms with Crippen LogP contribution in [0.25, 0.3) is 0 Å². The summed E-state index contributed by atoms with van der Waals surface area (Å²) in [5.74, 6) is 0.834. The Kier molecular flexibility index (Phi) is 5.56. The fourth-order valence-electron chi connectivity index (χ4n) is 3.24. The zero-order valence-electron chi connectivity index (χ0n) is 15.3. The van der Waals surface area contributed by atoms with Crippen molar-refractivity contribution in [1.82, 2.24) is 9.80 Å². The van der Waals surface area contributed by atoms with Crippen molar-refractivity contribution in [2.24, 2.45) is 0 Å². The number of methoxy groups -OCH3 is 1. The standard InChI is InChI=1S/C21H24N2O3/c1-16-8-9-19(26-2)18(14-16)15-20(24)22-10-12-23(13-11-22)21(25)17-6-4-3-5-7-17/h3-9,14H,10-13,15H2,1-2H3. The third-order valence-corrected chi connectivity index (χ3v) is 4.72. The van der Waals surface area contributed by atoms with Gasteiger partial charge in [-0.05, 0) is 25.1 Å². The molecule has 136 valence electrons. The zero-order valence-corrected chi connectivity index (χ0v) is 15.3. The second-order valence-corrected chi connectivity index (χ2v) is 6.53. The minimum absolute atomic E-state index is 0.0260. The van der Waals surface area contributed by atoms with E-state index >= 15 is 0 Å². The number of aryl methyl sites for hydroxylation is 1. The molecule has 0 spiro atoms. The minimum atomic E-state index is 0.0260. The predicted octanol–water partition coefficient (Wildman–Crippen LogP) is 2.53. The molecule has 3 rings (SSSR count). The first-order valence-electron chi connectivity index (χ1n) is 8.84. The monoisotopic (exact) mass is 352 g/mol. The van der Waals surface area contributed by atoms with Crippen molar-refractivity contribution in [2.75, 3.05) is 33.3 Å². The Hall–Kier alpha value is -2.82. The van der Waals surface area contributed by atoms with Gasteiger partial charge in [-0.3, -0.25) is 9.59 Å². The van der Waals surface area contributed by atoms with Gasteiger partial charge in [0, 0.05) is 37.3 Å². The molecule has 0 aromatic heterocycles. The van der Waals surface area contributed by atoms with Crippen LogP contribution in [0.4, 0.5) is 0 Å². The van der Waals surface area contributed by atoms with Crippen LogP contribution in [0.15, 0.2) is 48.5 Å². The molecule has 0 saturated carbocycles. The molecule has 1 aliphatic rings. The second-order valence-electron chi connectivity index (χ2n) is 6.53. The summed E-state index contributed by atoms with van der Waals surface area (Å²) in [6, 6.07) is 15.1. The van der Waals surface area contributed by atoms with E-state index in [1.807, 2.05) is 65.3 Å². The van der Waals surface area contributed by atoms with Crippen molar-refractivity contribution in [3.05, 3.63) is 65.2 Å². The van der Waals surface area contributed by atoms with E-state index in [1.165, 1.54) is 0 Å². The number of nitrogens with zero attached hydrogens (tertiary/aromatic N) is 2. The molecule has 1 fully saturated rings. The molecule has 2 aromatic rings. The first-order chi connectivity index (χ1) is 12.6. The summed E-state index contributed by atoms with van der Waals surface area (Å²) in [7, 11) is 1.62. The number of amides is 2. The maximum absolute atomic E-state index is 12.7. The van der Waals surface area contributed by atoms with Crippen LogP contribution in [0.1, 0.15) is 21.5 Å². The van der Waals surface area contributed by atoms with Crippen LogP contribution in [-0.2, 0) is 11.2 Å². The Labute approximate surface area is 154 Å². The van der Waals surface area contributed by atoms with Crippen LogP contribution in [-0.4, -0.2) is 54.9 Å². The van der Waals surface area contributed by atoms with E-state index in [1.54, 1.807) is 7.11 Å². The van der Waals surface area contributed by atoms with Crippen LogP contribution in [0, 0.1) is 6.92 Å². The lowest BCUT2D eigenvalue weighted by Gasteiger charge is -2.35. The number of benzene rings is 2. The highest BCUT2D eigenvalue weighted by Gasteiger charge is 2.25. The van der Waals surface area contributed by atoms with Gasteiger partial charge in [-0.25, -0.2) is 0 Å². The van der Waals surface area contributed by atoms with Gasteiger partial charge < -0.3 is 14.5 Å². The number of hydrogen-bond donors (Lipinski definition) is 0. The maximum Gasteiger partial charge on any atom is 0.253 e. The van der Waals surface area contributed by atoms with Crippen molar-refractivity contribution in [3.63, 3.8) is 0 Å².